The fourth-order valence-electron chi connectivity index (χ4n) is 1.61. The summed E-state index contributed by atoms with van der Waals surface area (Å²) >= 11 is 0. The maximum atomic E-state index is 13.3. The highest BCUT2D eigenvalue weighted by molar-refractivity contribution is 5.92. The molecule has 0 saturated carbocycles. The van der Waals surface area contributed by atoms with Crippen molar-refractivity contribution in [2.75, 3.05) is 5.32 Å². The predicted octanol–water partition coefficient (Wildman–Crippen LogP) is 2.71. The average Bonchev–Trinajstić information content (AvgIpc) is 2.32. The first-order valence-corrected chi connectivity index (χ1v) is 5.47. The molecule has 92 valence electrons. The molecule has 0 saturated heterocycles. The number of rotatable bonds is 3. The van der Waals surface area contributed by atoms with Gasteiger partial charge in [0.2, 0.25) is 5.91 Å². The number of phenolic OH excluding ortho intramolecular Hbond substituents is 1. The maximum Gasteiger partial charge on any atom is 0.228 e. The Balaban J connectivity index is 2.03. The molecular formula is C14H12FNO2. The number of phenols is 1. The second-order valence-corrected chi connectivity index (χ2v) is 3.87. The molecule has 0 heterocycles. The average molecular weight is 245 g/mol. The van der Waals surface area contributed by atoms with Crippen molar-refractivity contribution in [3.05, 3.63) is 59.9 Å². The molecule has 2 aromatic rings. The van der Waals surface area contributed by atoms with E-state index in [1.165, 1.54) is 24.3 Å². The van der Waals surface area contributed by atoms with Crippen molar-refractivity contribution >= 4 is 11.6 Å². The smallest absolute Gasteiger partial charge is 0.228 e. The van der Waals surface area contributed by atoms with Gasteiger partial charge < -0.3 is 10.4 Å². The lowest BCUT2D eigenvalue weighted by Crippen LogP contribution is -2.15. The van der Waals surface area contributed by atoms with Gasteiger partial charge in [-0.2, -0.15) is 0 Å². The van der Waals surface area contributed by atoms with Gasteiger partial charge in [0.05, 0.1) is 12.1 Å². The second-order valence-electron chi connectivity index (χ2n) is 3.87. The highest BCUT2D eigenvalue weighted by Gasteiger charge is 2.07. The van der Waals surface area contributed by atoms with Gasteiger partial charge in [-0.05, 0) is 29.8 Å². The monoisotopic (exact) mass is 245 g/mol. The van der Waals surface area contributed by atoms with E-state index in [2.05, 4.69) is 5.32 Å². The molecule has 2 rings (SSSR count). The van der Waals surface area contributed by atoms with E-state index in [0.717, 1.165) is 0 Å². The molecule has 0 atom stereocenters. The van der Waals surface area contributed by atoms with E-state index < -0.39 is 5.82 Å². The molecular weight excluding hydrogens is 233 g/mol. The van der Waals surface area contributed by atoms with Gasteiger partial charge in [-0.3, -0.25) is 4.79 Å². The highest BCUT2D eigenvalue weighted by atomic mass is 19.1. The Morgan fingerprint density at radius 2 is 1.94 bits per heavy atom. The van der Waals surface area contributed by atoms with Gasteiger partial charge in [-0.15, -0.1) is 0 Å². The number of hydrogen-bond donors (Lipinski definition) is 2. The summed E-state index contributed by atoms with van der Waals surface area (Å²) in [6.45, 7) is 0. The number of hydrogen-bond acceptors (Lipinski definition) is 2. The van der Waals surface area contributed by atoms with Crippen LogP contribution >= 0.6 is 0 Å². The van der Waals surface area contributed by atoms with Gasteiger partial charge in [0.25, 0.3) is 0 Å². The van der Waals surface area contributed by atoms with Gasteiger partial charge in [0, 0.05) is 0 Å². The molecule has 1 amide bonds. The predicted molar refractivity (Wildman–Crippen MR) is 66.8 cm³/mol. The van der Waals surface area contributed by atoms with Crippen LogP contribution in [0.3, 0.4) is 0 Å². The minimum atomic E-state index is -0.471. The Hall–Kier alpha value is -2.36. The van der Waals surface area contributed by atoms with Crippen molar-refractivity contribution in [1.82, 2.24) is 0 Å². The fraction of sp³-hybridized carbons (Fsp3) is 0.0714. The molecule has 3 nitrogen and oxygen atoms in total. The molecule has 4 heteroatoms. The van der Waals surface area contributed by atoms with E-state index in [0.29, 0.717) is 5.56 Å². The van der Waals surface area contributed by atoms with Gasteiger partial charge >= 0.3 is 0 Å². The summed E-state index contributed by atoms with van der Waals surface area (Å²) in [5.41, 5.74) is 0.825. The Morgan fingerprint density at radius 1 is 1.17 bits per heavy atom. The maximum absolute atomic E-state index is 13.3. The van der Waals surface area contributed by atoms with Gasteiger partial charge in [-0.1, -0.05) is 24.3 Å². The summed E-state index contributed by atoms with van der Waals surface area (Å²) in [6.07, 6.45) is 0.0860. The van der Waals surface area contributed by atoms with Crippen LogP contribution in [0, 0.1) is 5.82 Å². The minimum absolute atomic E-state index is 0.0860. The molecule has 0 fully saturated rings. The lowest BCUT2D eigenvalue weighted by Gasteiger charge is -2.06. The molecule has 0 spiro atoms. The van der Waals surface area contributed by atoms with Crippen molar-refractivity contribution < 1.29 is 14.3 Å². The topological polar surface area (TPSA) is 49.3 Å². The zero-order valence-corrected chi connectivity index (χ0v) is 9.56. The molecule has 18 heavy (non-hydrogen) atoms. The lowest BCUT2D eigenvalue weighted by atomic mass is 10.1. The first kappa shape index (κ1) is 12.1. The molecule has 2 N–H and O–H groups in total. The molecule has 0 aromatic heterocycles. The first-order valence-electron chi connectivity index (χ1n) is 5.47. The third-order valence-electron chi connectivity index (χ3n) is 2.42. The van der Waals surface area contributed by atoms with Crippen LogP contribution in [0.25, 0.3) is 0 Å². The van der Waals surface area contributed by atoms with Crippen molar-refractivity contribution in [3.8, 4) is 5.75 Å². The number of nitrogens with one attached hydrogen (secondary N) is 1. The molecule has 2 aromatic carbocycles. The lowest BCUT2D eigenvalue weighted by molar-refractivity contribution is -0.115. The largest absolute Gasteiger partial charge is 0.508 e. The minimum Gasteiger partial charge on any atom is -0.508 e. The van der Waals surface area contributed by atoms with Crippen LogP contribution in [0.4, 0.5) is 10.1 Å². The number of carbonyl (C=O) groups is 1. The zero-order valence-electron chi connectivity index (χ0n) is 9.56. The first-order chi connectivity index (χ1) is 8.65. The summed E-state index contributed by atoms with van der Waals surface area (Å²) in [6, 6.07) is 12.4. The van der Waals surface area contributed by atoms with E-state index in [1.54, 1.807) is 24.3 Å². The molecule has 0 bridgehead atoms. The normalized spacial score (nSPS) is 10.1. The Labute approximate surface area is 104 Å². The fourth-order valence-corrected chi connectivity index (χ4v) is 1.61. The number of aromatic hydroxyl groups is 1. The quantitative estimate of drug-likeness (QED) is 0.873. The van der Waals surface area contributed by atoms with Crippen LogP contribution in [0.5, 0.6) is 5.75 Å². The number of benzene rings is 2. The van der Waals surface area contributed by atoms with Gasteiger partial charge in [0.15, 0.2) is 0 Å². The SMILES string of the molecule is O=C(Cc1cccc(O)c1)Nc1ccccc1F. The Bertz CT molecular complexity index is 569. The van der Waals surface area contributed by atoms with Gasteiger partial charge in [-0.25, -0.2) is 4.39 Å². The van der Waals surface area contributed by atoms with Crippen molar-refractivity contribution in [3.63, 3.8) is 0 Å². The number of halogens is 1. The molecule has 0 radical (unpaired) electrons. The van der Waals surface area contributed by atoms with E-state index in [9.17, 15) is 14.3 Å². The van der Waals surface area contributed by atoms with E-state index >= 15 is 0 Å². The van der Waals surface area contributed by atoms with E-state index in [-0.39, 0.29) is 23.8 Å². The highest BCUT2D eigenvalue weighted by Crippen LogP contribution is 2.14. The van der Waals surface area contributed by atoms with Crippen LogP contribution < -0.4 is 5.32 Å². The van der Waals surface area contributed by atoms with Crippen molar-refractivity contribution in [2.45, 2.75) is 6.42 Å². The van der Waals surface area contributed by atoms with Crippen LogP contribution in [0.1, 0.15) is 5.56 Å². The standard InChI is InChI=1S/C14H12FNO2/c15-12-6-1-2-7-13(12)16-14(18)9-10-4-3-5-11(17)8-10/h1-8,17H,9H2,(H,16,18). The van der Waals surface area contributed by atoms with Crippen LogP contribution in [-0.2, 0) is 11.2 Å². The summed E-state index contributed by atoms with van der Waals surface area (Å²) in [4.78, 5) is 11.7. The summed E-state index contributed by atoms with van der Waals surface area (Å²) < 4.78 is 13.3. The molecule has 0 aliphatic rings. The van der Waals surface area contributed by atoms with E-state index in [4.69, 9.17) is 0 Å². The third kappa shape index (κ3) is 3.07. The number of anilines is 1. The van der Waals surface area contributed by atoms with Crippen LogP contribution in [0.15, 0.2) is 48.5 Å². The van der Waals surface area contributed by atoms with Gasteiger partial charge in [0.1, 0.15) is 11.6 Å². The van der Waals surface area contributed by atoms with Crippen LogP contribution in [0.2, 0.25) is 0 Å². The van der Waals surface area contributed by atoms with Crippen molar-refractivity contribution in [2.24, 2.45) is 0 Å². The van der Waals surface area contributed by atoms with Crippen LogP contribution in [-0.4, -0.2) is 11.0 Å². The number of carbonyl (C=O) groups excluding carboxylic acids is 1. The molecule has 0 unspecified atom stereocenters. The summed E-state index contributed by atoms with van der Waals surface area (Å²) in [7, 11) is 0. The van der Waals surface area contributed by atoms with E-state index in [1.807, 2.05) is 0 Å². The summed E-state index contributed by atoms with van der Waals surface area (Å²) in [5, 5.41) is 11.8. The third-order valence-corrected chi connectivity index (χ3v) is 2.42. The summed E-state index contributed by atoms with van der Waals surface area (Å²) in [5.74, 6) is -0.696. The Morgan fingerprint density at radius 3 is 2.67 bits per heavy atom. The van der Waals surface area contributed by atoms with Crippen molar-refractivity contribution in [1.29, 1.82) is 0 Å². The number of amides is 1. The molecule has 0 aliphatic carbocycles. The zero-order chi connectivity index (χ0) is 13.0. The Kier molecular flexibility index (Phi) is 3.57. The molecule has 0 aliphatic heterocycles. The number of para-hydroxylation sites is 1. The second kappa shape index (κ2) is 5.31.